The molecule has 0 atom stereocenters. The minimum atomic E-state index is -0.0902. The van der Waals surface area contributed by atoms with Crippen molar-refractivity contribution in [2.75, 3.05) is 6.54 Å². The first-order valence-electron chi connectivity index (χ1n) is 4.88. The summed E-state index contributed by atoms with van der Waals surface area (Å²) >= 11 is 1.46. The average molecular weight is 236 g/mol. The van der Waals surface area contributed by atoms with Crippen LogP contribution in [0.25, 0.3) is 0 Å². The third-order valence-corrected chi connectivity index (χ3v) is 3.02. The summed E-state index contributed by atoms with van der Waals surface area (Å²) < 4.78 is 1.60. The van der Waals surface area contributed by atoms with Crippen molar-refractivity contribution in [1.29, 1.82) is 0 Å². The third kappa shape index (κ3) is 2.17. The van der Waals surface area contributed by atoms with E-state index in [9.17, 15) is 4.79 Å². The maximum Gasteiger partial charge on any atom is 0.215 e. The molecule has 0 fully saturated rings. The van der Waals surface area contributed by atoms with Gasteiger partial charge in [0.25, 0.3) is 0 Å². The number of carbonyl (C=O) groups is 1. The SMILES string of the molecule is Cn1cc(C(=O)c2csc(CCN)n2)cn1. The molecule has 2 N–H and O–H groups in total. The van der Waals surface area contributed by atoms with Gasteiger partial charge in [-0.2, -0.15) is 5.10 Å². The van der Waals surface area contributed by atoms with E-state index in [0.717, 1.165) is 5.01 Å². The summed E-state index contributed by atoms with van der Waals surface area (Å²) in [4.78, 5) is 16.2. The van der Waals surface area contributed by atoms with Crippen molar-refractivity contribution < 1.29 is 4.79 Å². The van der Waals surface area contributed by atoms with E-state index in [1.54, 1.807) is 29.5 Å². The second-order valence-corrected chi connectivity index (χ2v) is 4.34. The molecule has 16 heavy (non-hydrogen) atoms. The Bertz CT molecular complexity index is 502. The van der Waals surface area contributed by atoms with E-state index < -0.39 is 0 Å². The molecule has 0 aromatic carbocycles. The van der Waals surface area contributed by atoms with E-state index in [1.807, 2.05) is 0 Å². The van der Waals surface area contributed by atoms with Crippen molar-refractivity contribution in [3.8, 4) is 0 Å². The highest BCUT2D eigenvalue weighted by Gasteiger charge is 2.14. The van der Waals surface area contributed by atoms with Gasteiger partial charge >= 0.3 is 0 Å². The maximum absolute atomic E-state index is 11.9. The van der Waals surface area contributed by atoms with Crippen molar-refractivity contribution >= 4 is 17.1 Å². The van der Waals surface area contributed by atoms with Crippen LogP contribution in [-0.2, 0) is 13.5 Å². The van der Waals surface area contributed by atoms with Gasteiger partial charge in [-0.3, -0.25) is 9.48 Å². The molecule has 84 valence electrons. The molecule has 0 amide bonds. The molecule has 0 spiro atoms. The Morgan fingerprint density at radius 1 is 1.62 bits per heavy atom. The van der Waals surface area contributed by atoms with Gasteiger partial charge in [0.2, 0.25) is 5.78 Å². The van der Waals surface area contributed by atoms with Gasteiger partial charge < -0.3 is 5.73 Å². The topological polar surface area (TPSA) is 73.8 Å². The van der Waals surface area contributed by atoms with Gasteiger partial charge in [0.05, 0.1) is 16.8 Å². The zero-order valence-electron chi connectivity index (χ0n) is 8.88. The van der Waals surface area contributed by atoms with Crippen LogP contribution in [0.1, 0.15) is 21.1 Å². The monoisotopic (exact) mass is 236 g/mol. The minimum absolute atomic E-state index is 0.0902. The van der Waals surface area contributed by atoms with Crippen LogP contribution in [0.4, 0.5) is 0 Å². The highest BCUT2D eigenvalue weighted by atomic mass is 32.1. The van der Waals surface area contributed by atoms with E-state index in [-0.39, 0.29) is 5.78 Å². The Hall–Kier alpha value is -1.53. The lowest BCUT2D eigenvalue weighted by atomic mass is 10.2. The number of carbonyl (C=O) groups excluding carboxylic acids is 1. The number of ketones is 1. The van der Waals surface area contributed by atoms with Crippen molar-refractivity contribution in [3.63, 3.8) is 0 Å². The largest absolute Gasteiger partial charge is 0.330 e. The predicted molar refractivity (Wildman–Crippen MR) is 61.5 cm³/mol. The molecule has 0 aliphatic rings. The quantitative estimate of drug-likeness (QED) is 0.789. The molecule has 0 bridgehead atoms. The molecule has 0 saturated heterocycles. The zero-order valence-corrected chi connectivity index (χ0v) is 9.70. The second-order valence-electron chi connectivity index (χ2n) is 3.40. The van der Waals surface area contributed by atoms with Crippen LogP contribution in [0.5, 0.6) is 0 Å². The van der Waals surface area contributed by atoms with Gasteiger partial charge in [-0.15, -0.1) is 11.3 Å². The zero-order chi connectivity index (χ0) is 11.5. The summed E-state index contributed by atoms with van der Waals surface area (Å²) in [5, 5.41) is 6.62. The van der Waals surface area contributed by atoms with Crippen molar-refractivity contribution in [2.45, 2.75) is 6.42 Å². The van der Waals surface area contributed by atoms with Crippen molar-refractivity contribution in [1.82, 2.24) is 14.8 Å². The molecule has 0 aliphatic heterocycles. The van der Waals surface area contributed by atoms with Gasteiger partial charge in [0.15, 0.2) is 0 Å². The lowest BCUT2D eigenvalue weighted by molar-refractivity contribution is 0.103. The van der Waals surface area contributed by atoms with Crippen LogP contribution in [-0.4, -0.2) is 27.1 Å². The summed E-state index contributed by atoms with van der Waals surface area (Å²) in [6.45, 7) is 0.550. The van der Waals surface area contributed by atoms with E-state index >= 15 is 0 Å². The number of nitrogens with two attached hydrogens (primary N) is 1. The lowest BCUT2D eigenvalue weighted by Gasteiger charge is -1.91. The van der Waals surface area contributed by atoms with E-state index in [1.165, 1.54) is 11.3 Å². The smallest absolute Gasteiger partial charge is 0.215 e. The predicted octanol–water partition coefficient (Wildman–Crippen LogP) is 0.609. The first-order chi connectivity index (χ1) is 7.70. The molecule has 5 nitrogen and oxygen atoms in total. The third-order valence-electron chi connectivity index (χ3n) is 2.11. The fraction of sp³-hybridized carbons (Fsp3) is 0.300. The normalized spacial score (nSPS) is 10.6. The molecule has 0 radical (unpaired) electrons. The number of nitrogens with zero attached hydrogens (tertiary/aromatic N) is 3. The fourth-order valence-electron chi connectivity index (χ4n) is 1.34. The second kappa shape index (κ2) is 4.54. The standard InChI is InChI=1S/C10H12N4OS/c1-14-5-7(4-12-14)10(15)8-6-16-9(13-8)2-3-11/h4-6H,2-3,11H2,1H3. The van der Waals surface area contributed by atoms with E-state index in [2.05, 4.69) is 10.1 Å². The van der Waals surface area contributed by atoms with E-state index in [4.69, 9.17) is 5.73 Å². The minimum Gasteiger partial charge on any atom is -0.330 e. The Balaban J connectivity index is 2.20. The highest BCUT2D eigenvalue weighted by Crippen LogP contribution is 2.13. The summed E-state index contributed by atoms with van der Waals surface area (Å²) in [5.41, 5.74) is 6.46. The van der Waals surface area contributed by atoms with Crippen molar-refractivity contribution in [3.05, 3.63) is 34.0 Å². The van der Waals surface area contributed by atoms with Gasteiger partial charge in [-0.25, -0.2) is 4.98 Å². The van der Waals surface area contributed by atoms with Crippen LogP contribution in [0.15, 0.2) is 17.8 Å². The van der Waals surface area contributed by atoms with Crippen LogP contribution in [0.2, 0.25) is 0 Å². The molecule has 6 heteroatoms. The molecule has 0 unspecified atom stereocenters. The Morgan fingerprint density at radius 2 is 2.44 bits per heavy atom. The maximum atomic E-state index is 11.9. The Labute approximate surface area is 96.9 Å². The molecule has 2 rings (SSSR count). The molecule has 2 aromatic rings. The Morgan fingerprint density at radius 3 is 3.06 bits per heavy atom. The first kappa shape index (κ1) is 11.0. The number of hydrogen-bond acceptors (Lipinski definition) is 5. The molecule has 2 aromatic heterocycles. The fourth-order valence-corrected chi connectivity index (χ4v) is 2.13. The molecular weight excluding hydrogens is 224 g/mol. The van der Waals surface area contributed by atoms with E-state index in [0.29, 0.717) is 24.2 Å². The van der Waals surface area contributed by atoms with Crippen LogP contribution in [0.3, 0.4) is 0 Å². The van der Waals surface area contributed by atoms with Crippen LogP contribution < -0.4 is 5.73 Å². The number of aromatic nitrogens is 3. The van der Waals surface area contributed by atoms with Crippen LogP contribution in [0, 0.1) is 0 Å². The molecule has 0 saturated carbocycles. The average Bonchev–Trinajstić information content (AvgIpc) is 2.87. The summed E-state index contributed by atoms with van der Waals surface area (Å²) in [7, 11) is 1.78. The summed E-state index contributed by atoms with van der Waals surface area (Å²) in [6, 6.07) is 0. The van der Waals surface area contributed by atoms with Gasteiger partial charge in [0, 0.05) is 25.0 Å². The van der Waals surface area contributed by atoms with Gasteiger partial charge in [0.1, 0.15) is 5.69 Å². The van der Waals surface area contributed by atoms with Gasteiger partial charge in [-0.05, 0) is 6.54 Å². The highest BCUT2D eigenvalue weighted by molar-refractivity contribution is 7.09. The number of hydrogen-bond donors (Lipinski definition) is 1. The lowest BCUT2D eigenvalue weighted by Crippen LogP contribution is -2.04. The molecule has 2 heterocycles. The van der Waals surface area contributed by atoms with Gasteiger partial charge in [-0.1, -0.05) is 0 Å². The molecular formula is C10H12N4OS. The number of rotatable bonds is 4. The summed E-state index contributed by atoms with van der Waals surface area (Å²) in [5.74, 6) is -0.0902. The van der Waals surface area contributed by atoms with Crippen LogP contribution >= 0.6 is 11.3 Å². The number of aryl methyl sites for hydroxylation is 1. The summed E-state index contributed by atoms with van der Waals surface area (Å²) in [6.07, 6.45) is 3.94. The van der Waals surface area contributed by atoms with Crippen molar-refractivity contribution in [2.24, 2.45) is 12.8 Å². The first-order valence-corrected chi connectivity index (χ1v) is 5.76. The number of thiazole rings is 1. The molecule has 0 aliphatic carbocycles. The Kier molecular flexibility index (Phi) is 3.12.